The number of pyridine rings is 3. The molecule has 0 fully saturated rings. The number of benzene rings is 7. The molecule has 7 aromatic carbocycles. The fourth-order valence-corrected chi connectivity index (χ4v) is 14.0. The second-order valence-corrected chi connectivity index (χ2v) is 18.3. The summed E-state index contributed by atoms with van der Waals surface area (Å²) in [5.41, 5.74) is 11.3. The van der Waals surface area contributed by atoms with Gasteiger partial charge in [0.25, 0.3) is 0 Å². The van der Waals surface area contributed by atoms with Gasteiger partial charge in [-0.15, -0.1) is 0 Å². The number of rotatable bonds is 4. The van der Waals surface area contributed by atoms with Crippen LogP contribution in [0.5, 0.6) is 0 Å². The summed E-state index contributed by atoms with van der Waals surface area (Å²) in [6.07, 6.45) is 1.85. The van der Waals surface area contributed by atoms with E-state index in [4.69, 9.17) is 19.9 Å². The number of hydrogen-bond acceptors (Lipinski definition) is 4. The Labute approximate surface area is 323 Å². The molecule has 1 aliphatic heterocycles. The Morgan fingerprint density at radius 3 is 1.84 bits per heavy atom. The average molecular weight is 730 g/mol. The van der Waals surface area contributed by atoms with Gasteiger partial charge in [-0.25, -0.2) is 15.0 Å². The van der Waals surface area contributed by atoms with Crippen LogP contribution in [0.25, 0.3) is 82.7 Å². The van der Waals surface area contributed by atoms with Gasteiger partial charge < -0.3 is 0 Å². The fraction of sp³-hybridized carbons (Fsp3) is 0. The van der Waals surface area contributed by atoms with Gasteiger partial charge in [0.2, 0.25) is 8.07 Å². The van der Waals surface area contributed by atoms with E-state index in [1.54, 1.807) is 0 Å². The summed E-state index contributed by atoms with van der Waals surface area (Å²) in [6, 6.07) is 65.5. The zero-order chi connectivity index (χ0) is 36.8. The number of nitrogens with zero attached hydrogens (tertiary/aromatic N) is 5. The lowest BCUT2D eigenvalue weighted by Gasteiger charge is -2.29. The van der Waals surface area contributed by atoms with E-state index in [1.807, 2.05) is 12.3 Å². The summed E-state index contributed by atoms with van der Waals surface area (Å²) in [6.45, 7) is 0. The highest BCUT2D eigenvalue weighted by Gasteiger charge is 2.52. The lowest BCUT2D eigenvalue weighted by molar-refractivity contribution is 1.17. The van der Waals surface area contributed by atoms with Gasteiger partial charge in [-0.1, -0.05) is 146 Å². The monoisotopic (exact) mass is 729 g/mol. The van der Waals surface area contributed by atoms with Crippen LogP contribution >= 0.6 is 0 Å². The molecule has 4 aromatic heterocycles. The molecule has 56 heavy (non-hydrogen) atoms. The van der Waals surface area contributed by atoms with Crippen LogP contribution in [-0.2, 0) is 0 Å². The molecular formula is C50H31N5Si. The number of imidazole rings is 1. The van der Waals surface area contributed by atoms with Gasteiger partial charge in [0.05, 0.1) is 39.0 Å². The second-order valence-electron chi connectivity index (χ2n) is 14.7. The highest BCUT2D eigenvalue weighted by atomic mass is 28.3. The molecule has 1 aliphatic rings. The number of aromatic nitrogens is 5. The first-order valence-corrected chi connectivity index (χ1v) is 21.0. The Kier molecular flexibility index (Phi) is 6.59. The largest absolute Gasteiger partial charge is 0.299 e. The van der Waals surface area contributed by atoms with Gasteiger partial charge in [0.1, 0.15) is 5.45 Å². The van der Waals surface area contributed by atoms with Gasteiger partial charge >= 0.3 is 0 Å². The third kappa shape index (κ3) is 4.41. The maximum absolute atomic E-state index is 5.55. The van der Waals surface area contributed by atoms with Crippen LogP contribution in [0.1, 0.15) is 0 Å². The van der Waals surface area contributed by atoms with Gasteiger partial charge in [-0.2, -0.15) is 0 Å². The summed E-state index contributed by atoms with van der Waals surface area (Å²) in [5, 5.41) is 9.48. The van der Waals surface area contributed by atoms with E-state index in [9.17, 15) is 0 Å². The van der Waals surface area contributed by atoms with Crippen molar-refractivity contribution < 1.29 is 0 Å². The molecule has 5 nitrogen and oxygen atoms in total. The van der Waals surface area contributed by atoms with E-state index in [1.165, 1.54) is 26.6 Å². The topological polar surface area (TPSA) is 56.5 Å². The van der Waals surface area contributed by atoms with Gasteiger partial charge in [-0.3, -0.25) is 9.55 Å². The molecule has 0 radical (unpaired) electrons. The van der Waals surface area contributed by atoms with Crippen molar-refractivity contribution in [2.45, 2.75) is 0 Å². The zero-order valence-electron chi connectivity index (χ0n) is 30.1. The molecule has 11 aromatic rings. The lowest BCUT2D eigenvalue weighted by atomic mass is 10.0. The molecule has 0 N–H and O–H groups in total. The average Bonchev–Trinajstić information content (AvgIpc) is 3.79. The molecule has 5 heterocycles. The van der Waals surface area contributed by atoms with E-state index < -0.39 is 8.07 Å². The van der Waals surface area contributed by atoms with Crippen molar-refractivity contribution in [1.82, 2.24) is 24.5 Å². The van der Waals surface area contributed by atoms with Gasteiger partial charge in [0, 0.05) is 44.6 Å². The van der Waals surface area contributed by atoms with E-state index in [0.717, 1.165) is 77.1 Å². The van der Waals surface area contributed by atoms with Crippen molar-refractivity contribution in [3.63, 3.8) is 0 Å². The maximum Gasteiger partial charge on any atom is 0.226 e. The van der Waals surface area contributed by atoms with Crippen LogP contribution in [-0.4, -0.2) is 32.6 Å². The fourth-order valence-electron chi connectivity index (χ4n) is 9.09. The first-order valence-electron chi connectivity index (χ1n) is 19.0. The Morgan fingerprint density at radius 1 is 0.429 bits per heavy atom. The predicted molar refractivity (Wildman–Crippen MR) is 233 cm³/mol. The minimum atomic E-state index is -3.05. The van der Waals surface area contributed by atoms with Crippen LogP contribution in [0.3, 0.4) is 0 Å². The van der Waals surface area contributed by atoms with Gasteiger partial charge in [0.15, 0.2) is 0 Å². The number of para-hydroxylation sites is 3. The second kappa shape index (κ2) is 11.9. The van der Waals surface area contributed by atoms with Crippen LogP contribution in [0.15, 0.2) is 188 Å². The minimum Gasteiger partial charge on any atom is -0.299 e. The molecule has 0 amide bonds. The Balaban J connectivity index is 1.12. The van der Waals surface area contributed by atoms with Crippen molar-refractivity contribution in [2.24, 2.45) is 0 Å². The SMILES string of the molecule is c1cc(-c2ccc3ccc4ccccc4c3n2)cc([Si]2(c3cccc(-c4ccc5ccc6cccnc6c5n4)c3)c3ccccc3-n3c2nc2ccccc23)c1. The number of fused-ring (bicyclic) bond motifs is 11. The molecule has 1 atom stereocenters. The summed E-state index contributed by atoms with van der Waals surface area (Å²) in [7, 11) is -3.05. The van der Waals surface area contributed by atoms with Crippen LogP contribution in [0.4, 0.5) is 0 Å². The predicted octanol–water partition coefficient (Wildman–Crippen LogP) is 8.85. The molecule has 6 heteroatoms. The van der Waals surface area contributed by atoms with Crippen molar-refractivity contribution in [3.05, 3.63) is 188 Å². The van der Waals surface area contributed by atoms with E-state index in [-0.39, 0.29) is 0 Å². The molecule has 0 saturated carbocycles. The molecule has 12 rings (SSSR count). The first-order chi connectivity index (χ1) is 27.7. The number of hydrogen-bond donors (Lipinski definition) is 0. The van der Waals surface area contributed by atoms with E-state index >= 15 is 0 Å². The van der Waals surface area contributed by atoms with Crippen molar-refractivity contribution >= 4 is 83.6 Å². The summed E-state index contributed by atoms with van der Waals surface area (Å²) in [5.74, 6) is 0. The highest BCUT2D eigenvalue weighted by molar-refractivity contribution is 7.20. The third-order valence-electron chi connectivity index (χ3n) is 11.6. The van der Waals surface area contributed by atoms with Crippen LogP contribution in [0, 0.1) is 0 Å². The van der Waals surface area contributed by atoms with E-state index in [0.29, 0.717) is 0 Å². The smallest absolute Gasteiger partial charge is 0.226 e. The Bertz CT molecular complexity index is 3240. The standard InChI is InChI=1S/C50H31N5Si/c1-2-16-40-32(10-1)21-22-34-25-27-41(52-47(34)40)36-11-7-14-38(30-36)56(46-20-6-5-19-45(46)55-44-18-4-3-17-43(44)54-50(55)56)39-15-8-12-37(31-39)42-28-26-35-24-23-33-13-9-29-51-48(33)49(35)53-42/h1-31H. The Morgan fingerprint density at radius 2 is 1.04 bits per heavy atom. The Hall–Kier alpha value is -7.28. The van der Waals surface area contributed by atoms with Crippen molar-refractivity contribution in [3.8, 4) is 28.2 Å². The van der Waals surface area contributed by atoms with E-state index in [2.05, 4.69) is 180 Å². The van der Waals surface area contributed by atoms with Crippen molar-refractivity contribution in [2.75, 3.05) is 0 Å². The minimum absolute atomic E-state index is 0.911. The maximum atomic E-state index is 5.55. The highest BCUT2D eigenvalue weighted by Crippen LogP contribution is 2.31. The molecule has 0 saturated heterocycles. The molecule has 0 aliphatic carbocycles. The zero-order valence-corrected chi connectivity index (χ0v) is 31.1. The summed E-state index contributed by atoms with van der Waals surface area (Å²) in [4.78, 5) is 20.9. The third-order valence-corrected chi connectivity index (χ3v) is 16.2. The van der Waals surface area contributed by atoms with Gasteiger partial charge in [-0.05, 0) is 57.3 Å². The molecule has 0 bridgehead atoms. The first kappa shape index (κ1) is 31.1. The molecule has 1 unspecified atom stereocenters. The van der Waals surface area contributed by atoms with Crippen LogP contribution in [0.2, 0.25) is 0 Å². The van der Waals surface area contributed by atoms with Crippen LogP contribution < -0.4 is 21.0 Å². The lowest BCUT2D eigenvalue weighted by Crippen LogP contribution is -2.73. The normalized spacial score (nSPS) is 14.9. The summed E-state index contributed by atoms with van der Waals surface area (Å²) >= 11 is 0. The molecule has 260 valence electrons. The quantitative estimate of drug-likeness (QED) is 0.134. The molecule has 0 spiro atoms. The summed E-state index contributed by atoms with van der Waals surface area (Å²) < 4.78 is 2.42. The molecular weight excluding hydrogens is 699 g/mol. The van der Waals surface area contributed by atoms with Crippen molar-refractivity contribution in [1.29, 1.82) is 0 Å².